The molecule has 0 saturated heterocycles. The number of carbonyl (C=O) groups excluding carboxylic acids is 1. The first-order chi connectivity index (χ1) is 10.5. The number of benzene rings is 1. The van der Waals surface area contributed by atoms with E-state index in [0.717, 1.165) is 23.0 Å². The van der Waals surface area contributed by atoms with Crippen LogP contribution in [-0.4, -0.2) is 27.1 Å². The van der Waals surface area contributed by atoms with Crippen LogP contribution in [0.25, 0.3) is 0 Å². The Morgan fingerprint density at radius 3 is 2.73 bits per heavy atom. The highest BCUT2D eigenvalue weighted by Crippen LogP contribution is 2.21. The van der Waals surface area contributed by atoms with Crippen molar-refractivity contribution in [2.45, 2.75) is 25.2 Å². The van der Waals surface area contributed by atoms with Gasteiger partial charge in [0.25, 0.3) is 0 Å². The second-order valence-corrected chi connectivity index (χ2v) is 6.74. The number of nitrogens with one attached hydrogen (secondary N) is 2. The summed E-state index contributed by atoms with van der Waals surface area (Å²) in [5.74, 6) is -0.278. The van der Waals surface area contributed by atoms with Crippen LogP contribution in [-0.2, 0) is 21.2 Å². The monoisotopic (exact) mass is 321 g/mol. The van der Waals surface area contributed by atoms with Crippen LogP contribution < -0.4 is 10.1 Å². The van der Waals surface area contributed by atoms with Gasteiger partial charge in [-0.25, -0.2) is 18.6 Å². The summed E-state index contributed by atoms with van der Waals surface area (Å²) in [7, 11) is -3.34. The van der Waals surface area contributed by atoms with Gasteiger partial charge in [0, 0.05) is 24.6 Å². The van der Waals surface area contributed by atoms with Gasteiger partial charge in [-0.3, -0.25) is 4.79 Å². The number of hydrogen-bond donors (Lipinski definition) is 2. The maximum Gasteiger partial charge on any atom is 0.247 e. The van der Waals surface area contributed by atoms with Crippen LogP contribution in [0.5, 0.6) is 0 Å². The molecule has 1 amide bonds. The van der Waals surface area contributed by atoms with Crippen LogP contribution in [0.3, 0.4) is 0 Å². The molecular formula is C15H19N3O3S. The molecule has 1 aromatic carbocycles. The lowest BCUT2D eigenvalue weighted by molar-refractivity contribution is -0.122. The Balaban J connectivity index is 1.86. The highest BCUT2D eigenvalue weighted by molar-refractivity contribution is 7.92. The Morgan fingerprint density at radius 2 is 2.09 bits per heavy atom. The SMILES string of the molecule is C=CS(=O)(=O)NCCCc1ccc(C2CC=NNC2=O)cc1. The van der Waals surface area contributed by atoms with E-state index in [9.17, 15) is 13.2 Å². The number of amides is 1. The van der Waals surface area contributed by atoms with E-state index < -0.39 is 10.0 Å². The fourth-order valence-electron chi connectivity index (χ4n) is 2.22. The zero-order valence-electron chi connectivity index (χ0n) is 12.2. The number of aryl methyl sites for hydroxylation is 1. The number of hydrogen-bond acceptors (Lipinski definition) is 4. The van der Waals surface area contributed by atoms with E-state index in [4.69, 9.17) is 0 Å². The fourth-order valence-corrected chi connectivity index (χ4v) is 2.77. The minimum atomic E-state index is -3.34. The fraction of sp³-hybridized carbons (Fsp3) is 0.333. The van der Waals surface area contributed by atoms with Crippen molar-refractivity contribution in [3.63, 3.8) is 0 Å². The predicted molar refractivity (Wildman–Crippen MR) is 85.9 cm³/mol. The molecule has 0 aliphatic carbocycles. The molecule has 0 radical (unpaired) electrons. The van der Waals surface area contributed by atoms with Crippen molar-refractivity contribution >= 4 is 22.1 Å². The average molecular weight is 321 g/mol. The van der Waals surface area contributed by atoms with Crippen molar-refractivity contribution in [3.8, 4) is 0 Å². The summed E-state index contributed by atoms with van der Waals surface area (Å²) in [4.78, 5) is 11.7. The summed E-state index contributed by atoms with van der Waals surface area (Å²) < 4.78 is 24.8. The second-order valence-electron chi connectivity index (χ2n) is 5.03. The smallest absolute Gasteiger partial charge is 0.247 e. The molecule has 1 aliphatic heterocycles. The molecule has 2 N–H and O–H groups in total. The average Bonchev–Trinajstić information content (AvgIpc) is 2.53. The molecule has 1 aromatic rings. The van der Waals surface area contributed by atoms with Crippen LogP contribution in [0.2, 0.25) is 0 Å². The molecule has 22 heavy (non-hydrogen) atoms. The van der Waals surface area contributed by atoms with Crippen LogP contribution in [0, 0.1) is 0 Å². The molecular weight excluding hydrogens is 302 g/mol. The van der Waals surface area contributed by atoms with Crippen LogP contribution in [0.4, 0.5) is 0 Å². The van der Waals surface area contributed by atoms with Crippen LogP contribution in [0.1, 0.15) is 29.9 Å². The summed E-state index contributed by atoms with van der Waals surface area (Å²) >= 11 is 0. The van der Waals surface area contributed by atoms with Crippen molar-refractivity contribution < 1.29 is 13.2 Å². The Morgan fingerprint density at radius 1 is 1.36 bits per heavy atom. The maximum atomic E-state index is 11.7. The predicted octanol–water partition coefficient (Wildman–Crippen LogP) is 1.27. The lowest BCUT2D eigenvalue weighted by Gasteiger charge is -2.17. The van der Waals surface area contributed by atoms with Gasteiger partial charge in [0.1, 0.15) is 0 Å². The van der Waals surface area contributed by atoms with E-state index >= 15 is 0 Å². The van der Waals surface area contributed by atoms with Crippen molar-refractivity contribution in [3.05, 3.63) is 47.4 Å². The normalized spacial score (nSPS) is 18.0. The third kappa shape index (κ3) is 4.51. The maximum absolute atomic E-state index is 11.7. The van der Waals surface area contributed by atoms with Gasteiger partial charge in [0.05, 0.1) is 5.92 Å². The molecule has 1 heterocycles. The molecule has 7 heteroatoms. The van der Waals surface area contributed by atoms with E-state index in [1.54, 1.807) is 6.21 Å². The highest BCUT2D eigenvalue weighted by Gasteiger charge is 2.21. The zero-order chi connectivity index (χ0) is 16.0. The number of sulfonamides is 1. The van der Waals surface area contributed by atoms with Crippen molar-refractivity contribution in [2.75, 3.05) is 6.54 Å². The molecule has 0 saturated carbocycles. The van der Waals surface area contributed by atoms with E-state index in [-0.39, 0.29) is 11.8 Å². The zero-order valence-corrected chi connectivity index (χ0v) is 13.0. The van der Waals surface area contributed by atoms with Gasteiger partial charge >= 0.3 is 0 Å². The van der Waals surface area contributed by atoms with Gasteiger partial charge < -0.3 is 0 Å². The number of nitrogens with zero attached hydrogens (tertiary/aromatic N) is 1. The van der Waals surface area contributed by atoms with Gasteiger partial charge in [0.2, 0.25) is 15.9 Å². The molecule has 1 aliphatic rings. The molecule has 2 rings (SSSR count). The van der Waals surface area contributed by atoms with Crippen LogP contribution >= 0.6 is 0 Å². The summed E-state index contributed by atoms with van der Waals surface area (Å²) in [5.41, 5.74) is 4.53. The van der Waals surface area contributed by atoms with E-state index in [1.165, 1.54) is 0 Å². The topological polar surface area (TPSA) is 87.6 Å². The lowest BCUT2D eigenvalue weighted by Crippen LogP contribution is -2.29. The van der Waals surface area contributed by atoms with E-state index in [1.807, 2.05) is 24.3 Å². The first-order valence-electron chi connectivity index (χ1n) is 7.04. The first-order valence-corrected chi connectivity index (χ1v) is 8.59. The first kappa shape index (κ1) is 16.4. The summed E-state index contributed by atoms with van der Waals surface area (Å²) in [6.07, 6.45) is 3.77. The summed E-state index contributed by atoms with van der Waals surface area (Å²) in [6.45, 7) is 3.61. The largest absolute Gasteiger partial charge is 0.272 e. The highest BCUT2D eigenvalue weighted by atomic mass is 32.2. The molecule has 118 valence electrons. The Bertz CT molecular complexity index is 666. The number of hydrazone groups is 1. The third-order valence-electron chi connectivity index (χ3n) is 3.47. The Labute approximate surface area is 130 Å². The number of carbonyl (C=O) groups is 1. The molecule has 1 atom stereocenters. The van der Waals surface area contributed by atoms with Crippen molar-refractivity contribution in [2.24, 2.45) is 5.10 Å². The summed E-state index contributed by atoms with van der Waals surface area (Å²) in [5, 5.41) is 4.64. The van der Waals surface area contributed by atoms with Gasteiger partial charge in [0.15, 0.2) is 0 Å². The minimum Gasteiger partial charge on any atom is -0.272 e. The number of rotatable bonds is 7. The van der Waals surface area contributed by atoms with E-state index in [2.05, 4.69) is 21.8 Å². The quantitative estimate of drug-likeness (QED) is 0.741. The standard InChI is InChI=1S/C15H19N3O3S/c1-2-22(20,21)17-10-3-4-12-5-7-13(8-6-12)14-9-11-16-18-15(14)19/h2,5-8,11,14,17H,1,3-4,9-10H2,(H,18,19). The van der Waals surface area contributed by atoms with Gasteiger partial charge in [-0.05, 0) is 24.0 Å². The molecule has 6 nitrogen and oxygen atoms in total. The molecule has 0 spiro atoms. The molecule has 0 fully saturated rings. The Kier molecular flexibility index (Phi) is 5.46. The Hall–Kier alpha value is -1.99. The lowest BCUT2D eigenvalue weighted by atomic mass is 9.93. The molecule has 0 aromatic heterocycles. The van der Waals surface area contributed by atoms with Crippen molar-refractivity contribution in [1.29, 1.82) is 0 Å². The minimum absolute atomic E-state index is 0.0888. The van der Waals surface area contributed by atoms with Gasteiger partial charge in [-0.15, -0.1) is 0 Å². The van der Waals surface area contributed by atoms with Gasteiger partial charge in [-0.1, -0.05) is 30.8 Å². The van der Waals surface area contributed by atoms with Crippen LogP contribution in [0.15, 0.2) is 41.4 Å². The van der Waals surface area contributed by atoms with Crippen molar-refractivity contribution in [1.82, 2.24) is 10.1 Å². The molecule has 1 unspecified atom stereocenters. The molecule has 0 bridgehead atoms. The van der Waals surface area contributed by atoms with Gasteiger partial charge in [-0.2, -0.15) is 5.10 Å². The summed E-state index contributed by atoms with van der Waals surface area (Å²) in [6, 6.07) is 7.81. The second kappa shape index (κ2) is 7.33. The van der Waals surface area contributed by atoms with E-state index in [0.29, 0.717) is 19.4 Å². The third-order valence-corrected chi connectivity index (χ3v) is 4.52.